The van der Waals surface area contributed by atoms with Crippen LogP contribution < -0.4 is 5.19 Å². The van der Waals surface area contributed by atoms with Crippen molar-refractivity contribution in [2.45, 2.75) is 52.2 Å². The van der Waals surface area contributed by atoms with Crippen LogP contribution in [0.3, 0.4) is 0 Å². The topological polar surface area (TPSA) is 89.5 Å². The van der Waals surface area contributed by atoms with E-state index in [1.807, 2.05) is 50.7 Å². The maximum atomic E-state index is 11.1. The molecule has 0 aliphatic heterocycles. The maximum absolute atomic E-state index is 11.1. The molecule has 36 heavy (non-hydrogen) atoms. The van der Waals surface area contributed by atoms with E-state index < -0.39 is 23.1 Å². The van der Waals surface area contributed by atoms with E-state index in [9.17, 15) is 9.59 Å². The zero-order valence-corrected chi connectivity index (χ0v) is 24.8. The van der Waals surface area contributed by atoms with E-state index in [1.54, 1.807) is 21.1 Å². The van der Waals surface area contributed by atoms with E-state index in [0.29, 0.717) is 38.4 Å². The van der Waals surface area contributed by atoms with Gasteiger partial charge < -0.3 is 27.2 Å². The lowest BCUT2D eigenvalue weighted by Gasteiger charge is -2.27. The van der Waals surface area contributed by atoms with Gasteiger partial charge in [-0.2, -0.15) is 0 Å². The maximum Gasteiger partial charge on any atom is 0.372 e. The van der Waals surface area contributed by atoms with Gasteiger partial charge in [-0.1, -0.05) is 43.5 Å². The fraction of sp³-hybridized carbons (Fsp3) is 0.538. The van der Waals surface area contributed by atoms with Crippen molar-refractivity contribution in [1.29, 1.82) is 0 Å². The summed E-state index contributed by atoms with van der Waals surface area (Å²) in [5.41, 5.74) is 0.430. The number of carbonyl (C=O) groups excluding carboxylic acids is 2. The second-order valence-electron chi connectivity index (χ2n) is 8.02. The number of benzene rings is 1. The van der Waals surface area contributed by atoms with Crippen LogP contribution in [0.25, 0.3) is 0 Å². The van der Waals surface area contributed by atoms with Crippen LogP contribution in [0.15, 0.2) is 55.1 Å². The molecule has 1 aromatic carbocycles. The molecule has 0 aliphatic rings. The minimum atomic E-state index is -2.42. The summed E-state index contributed by atoms with van der Waals surface area (Å²) >= 11 is 0. The minimum Gasteiger partial charge on any atom is -0.463 e. The molecule has 0 fully saturated rings. The molecule has 1 rings (SSSR count). The minimum absolute atomic E-state index is 0.332. The quantitative estimate of drug-likeness (QED) is 0.124. The monoisotopic (exact) mass is 540 g/mol. The van der Waals surface area contributed by atoms with E-state index in [0.717, 1.165) is 29.8 Å². The van der Waals surface area contributed by atoms with Crippen molar-refractivity contribution in [3.63, 3.8) is 0 Å². The van der Waals surface area contributed by atoms with Gasteiger partial charge in [0.15, 0.2) is 0 Å². The van der Waals surface area contributed by atoms with E-state index in [1.165, 1.54) is 0 Å². The molecular formula is C26H44O8Si2. The summed E-state index contributed by atoms with van der Waals surface area (Å²) in [6.07, 6.45) is 2.62. The molecule has 0 unspecified atom stereocenters. The van der Waals surface area contributed by atoms with Crippen LogP contribution in [0.5, 0.6) is 0 Å². The van der Waals surface area contributed by atoms with Gasteiger partial charge in [0.1, 0.15) is 0 Å². The van der Waals surface area contributed by atoms with Crippen LogP contribution in [-0.2, 0) is 36.8 Å². The number of ether oxygens (including phenoxy) is 2. The summed E-state index contributed by atoms with van der Waals surface area (Å²) in [6.45, 7) is 16.6. The Morgan fingerprint density at radius 3 is 1.92 bits per heavy atom. The molecule has 1 aromatic rings. The lowest BCUT2D eigenvalue weighted by atomic mass is 10.4. The van der Waals surface area contributed by atoms with Crippen LogP contribution >= 0.6 is 0 Å². The number of hydrogen-bond donors (Lipinski definition) is 0. The highest BCUT2D eigenvalue weighted by Gasteiger charge is 2.37. The van der Waals surface area contributed by atoms with E-state index >= 15 is 0 Å². The summed E-state index contributed by atoms with van der Waals surface area (Å²) in [7, 11) is -1.15. The summed E-state index contributed by atoms with van der Waals surface area (Å²) in [5.74, 6) is -0.733. The highest BCUT2D eigenvalue weighted by Crippen LogP contribution is 2.16. The lowest BCUT2D eigenvalue weighted by Crippen LogP contribution is -2.52. The molecule has 0 aromatic heterocycles. The molecule has 10 heteroatoms. The van der Waals surface area contributed by atoms with Crippen LogP contribution in [-0.4, -0.2) is 69.7 Å². The molecule has 0 N–H and O–H groups in total. The van der Waals surface area contributed by atoms with Gasteiger partial charge in [-0.25, -0.2) is 9.59 Å². The highest BCUT2D eigenvalue weighted by molar-refractivity contribution is 6.81. The SMILES string of the molecule is C=C(C)C(=O)OCCC[Si](C)(OCC)OCC.C=CC(=O)OCCC[Si](OC)(OC)c1ccccc1. The first-order valence-corrected chi connectivity index (χ1v) is 16.7. The molecule has 0 aliphatic carbocycles. The molecule has 0 amide bonds. The Bertz CT molecular complexity index is 775. The molecule has 0 heterocycles. The Balaban J connectivity index is 0.000000686. The van der Waals surface area contributed by atoms with E-state index in [2.05, 4.69) is 13.2 Å². The fourth-order valence-corrected chi connectivity index (χ4v) is 8.40. The summed E-state index contributed by atoms with van der Waals surface area (Å²) in [6, 6.07) is 11.5. The smallest absolute Gasteiger partial charge is 0.372 e. The Hall–Kier alpha value is -2.09. The van der Waals surface area contributed by atoms with Gasteiger partial charge in [0.2, 0.25) is 0 Å². The third kappa shape index (κ3) is 13.3. The fourth-order valence-electron chi connectivity index (χ4n) is 3.37. The zero-order chi connectivity index (χ0) is 27.5. The molecular weight excluding hydrogens is 496 g/mol. The van der Waals surface area contributed by atoms with Gasteiger partial charge in [0.25, 0.3) is 0 Å². The van der Waals surface area contributed by atoms with Gasteiger partial charge in [-0.3, -0.25) is 0 Å². The Morgan fingerprint density at radius 1 is 0.917 bits per heavy atom. The number of carbonyl (C=O) groups is 2. The summed E-state index contributed by atoms with van der Waals surface area (Å²) in [5, 5.41) is 1.08. The van der Waals surface area contributed by atoms with Crippen molar-refractivity contribution in [3.8, 4) is 0 Å². The molecule has 8 nitrogen and oxygen atoms in total. The first-order chi connectivity index (χ1) is 17.1. The molecule has 0 saturated carbocycles. The average Bonchev–Trinajstić information content (AvgIpc) is 2.88. The van der Waals surface area contributed by atoms with Crippen LogP contribution in [0.1, 0.15) is 33.6 Å². The molecule has 204 valence electrons. The molecule has 0 spiro atoms. The molecule has 0 atom stereocenters. The standard InChI is InChI=1S/C14H20O4Si.C12H24O4Si/c1-4-14(15)18-11-8-12-19(16-2,17-3)13-9-6-5-7-10-13;1-6-15-17(5,16-7-2)10-8-9-14-12(13)11(3)4/h4-7,9-10H,1,8,11-12H2,2-3H3;3,6-10H2,1-2,4-5H3. The van der Waals surface area contributed by atoms with Gasteiger partial charge in [0.05, 0.1) is 13.2 Å². The van der Waals surface area contributed by atoms with Crippen molar-refractivity contribution in [1.82, 2.24) is 0 Å². The molecule has 0 bridgehead atoms. The Labute approximate surface area is 219 Å². The third-order valence-electron chi connectivity index (χ3n) is 5.19. The largest absolute Gasteiger partial charge is 0.463 e. The van der Waals surface area contributed by atoms with Crippen molar-refractivity contribution >= 4 is 34.2 Å². The van der Waals surface area contributed by atoms with Gasteiger partial charge in [-0.05, 0) is 57.4 Å². The van der Waals surface area contributed by atoms with Gasteiger partial charge in [0, 0.05) is 39.1 Å². The first kappa shape index (κ1) is 33.9. The summed E-state index contributed by atoms with van der Waals surface area (Å²) < 4.78 is 32.7. The predicted octanol–water partition coefficient (Wildman–Crippen LogP) is 4.39. The van der Waals surface area contributed by atoms with E-state index in [-0.39, 0.29) is 5.97 Å². The predicted molar refractivity (Wildman–Crippen MR) is 146 cm³/mol. The van der Waals surface area contributed by atoms with Crippen molar-refractivity contribution in [2.24, 2.45) is 0 Å². The third-order valence-corrected chi connectivity index (χ3v) is 11.8. The van der Waals surface area contributed by atoms with Crippen molar-refractivity contribution < 1.29 is 36.8 Å². The van der Waals surface area contributed by atoms with Gasteiger partial charge in [-0.15, -0.1) is 0 Å². The summed E-state index contributed by atoms with van der Waals surface area (Å²) in [4.78, 5) is 22.1. The van der Waals surface area contributed by atoms with Gasteiger partial charge >= 0.3 is 29.1 Å². The Morgan fingerprint density at radius 2 is 1.44 bits per heavy atom. The number of hydrogen-bond acceptors (Lipinski definition) is 8. The molecule has 0 saturated heterocycles. The van der Waals surface area contributed by atoms with Crippen molar-refractivity contribution in [3.05, 3.63) is 55.1 Å². The van der Waals surface area contributed by atoms with Crippen LogP contribution in [0.2, 0.25) is 18.6 Å². The second-order valence-corrected chi connectivity index (χ2v) is 14.8. The second kappa shape index (κ2) is 19.1. The molecule has 0 radical (unpaired) electrons. The van der Waals surface area contributed by atoms with Crippen LogP contribution in [0.4, 0.5) is 0 Å². The zero-order valence-electron chi connectivity index (χ0n) is 22.8. The van der Waals surface area contributed by atoms with E-state index in [4.69, 9.17) is 27.2 Å². The lowest BCUT2D eigenvalue weighted by molar-refractivity contribution is -0.139. The normalized spacial score (nSPS) is 11.2. The highest BCUT2D eigenvalue weighted by atomic mass is 28.4. The van der Waals surface area contributed by atoms with Crippen LogP contribution in [0, 0.1) is 0 Å². The Kier molecular flexibility index (Phi) is 18.0. The first-order valence-electron chi connectivity index (χ1n) is 12.2. The number of rotatable bonds is 17. The number of esters is 2. The average molecular weight is 541 g/mol. The van der Waals surface area contributed by atoms with Crippen molar-refractivity contribution in [2.75, 3.05) is 40.6 Å².